The van der Waals surface area contributed by atoms with Crippen LogP contribution in [0.15, 0.2) is 59.5 Å². The Morgan fingerprint density at radius 2 is 1.48 bits per heavy atom. The summed E-state index contributed by atoms with van der Waals surface area (Å²) in [5.74, 6) is 1.87. The van der Waals surface area contributed by atoms with Crippen LogP contribution in [0.5, 0.6) is 17.2 Å². The Labute approximate surface area is 158 Å². The minimum atomic E-state index is -3.65. The fourth-order valence-corrected chi connectivity index (χ4v) is 3.80. The second-order valence-electron chi connectivity index (χ2n) is 5.89. The van der Waals surface area contributed by atoms with E-state index in [9.17, 15) is 8.42 Å². The molecule has 3 aromatic carbocycles. The summed E-state index contributed by atoms with van der Waals surface area (Å²) in [5, 5.41) is 1.73. The van der Waals surface area contributed by atoms with E-state index in [2.05, 4.69) is 4.72 Å². The Bertz CT molecular complexity index is 1060. The molecule has 0 unspecified atom stereocenters. The van der Waals surface area contributed by atoms with Gasteiger partial charge in [-0.15, -0.1) is 0 Å². The number of rotatable bonds is 7. The van der Waals surface area contributed by atoms with Crippen molar-refractivity contribution in [1.29, 1.82) is 0 Å². The summed E-state index contributed by atoms with van der Waals surface area (Å²) >= 11 is 0. The third kappa shape index (κ3) is 4.15. The molecule has 0 amide bonds. The number of fused-ring (bicyclic) bond motifs is 1. The van der Waals surface area contributed by atoms with E-state index in [-0.39, 0.29) is 11.4 Å². The quantitative estimate of drug-likeness (QED) is 0.673. The van der Waals surface area contributed by atoms with Gasteiger partial charge in [-0.2, -0.15) is 0 Å². The van der Waals surface area contributed by atoms with Gasteiger partial charge in [0.15, 0.2) is 11.5 Å². The number of sulfonamides is 1. The minimum Gasteiger partial charge on any atom is -0.497 e. The zero-order chi connectivity index (χ0) is 19.4. The van der Waals surface area contributed by atoms with E-state index < -0.39 is 10.0 Å². The average Bonchev–Trinajstić information content (AvgIpc) is 2.71. The van der Waals surface area contributed by atoms with Crippen molar-refractivity contribution in [3.05, 3.63) is 60.2 Å². The first-order valence-corrected chi connectivity index (χ1v) is 9.73. The molecule has 27 heavy (non-hydrogen) atoms. The predicted octanol–water partition coefficient (Wildman–Crippen LogP) is 3.34. The number of hydrogen-bond donors (Lipinski definition) is 1. The van der Waals surface area contributed by atoms with Crippen LogP contribution in [0.3, 0.4) is 0 Å². The Morgan fingerprint density at radius 1 is 0.778 bits per heavy atom. The van der Waals surface area contributed by atoms with Crippen LogP contribution in [-0.4, -0.2) is 29.7 Å². The summed E-state index contributed by atoms with van der Waals surface area (Å²) in [6, 6.07) is 15.8. The lowest BCUT2D eigenvalue weighted by Crippen LogP contribution is -2.23. The standard InChI is InChI=1S/C20H21NO5S/c1-24-17-7-5-16-12-18(8-6-15(16)11-17)27(22,23)21-13-14-4-9-19(25-2)20(10-14)26-3/h4-12,21H,13H2,1-3H3. The third-order valence-corrected chi connectivity index (χ3v) is 5.64. The third-order valence-electron chi connectivity index (χ3n) is 4.24. The number of ether oxygens (including phenoxy) is 3. The van der Waals surface area contributed by atoms with E-state index >= 15 is 0 Å². The van der Waals surface area contributed by atoms with Crippen molar-refractivity contribution in [1.82, 2.24) is 4.72 Å². The summed E-state index contributed by atoms with van der Waals surface area (Å²) in [6.45, 7) is 0.142. The highest BCUT2D eigenvalue weighted by Crippen LogP contribution is 2.28. The molecule has 3 rings (SSSR count). The van der Waals surface area contributed by atoms with Crippen LogP contribution in [0.1, 0.15) is 5.56 Å². The van der Waals surface area contributed by atoms with Gasteiger partial charge in [0.05, 0.1) is 26.2 Å². The molecule has 0 aromatic heterocycles. The van der Waals surface area contributed by atoms with Crippen molar-refractivity contribution in [3.63, 3.8) is 0 Å². The van der Waals surface area contributed by atoms with Gasteiger partial charge < -0.3 is 14.2 Å². The molecule has 1 N–H and O–H groups in total. The van der Waals surface area contributed by atoms with Gasteiger partial charge in [0.2, 0.25) is 10.0 Å². The lowest BCUT2D eigenvalue weighted by molar-refractivity contribution is 0.354. The molecule has 142 valence electrons. The maximum atomic E-state index is 12.7. The molecule has 3 aromatic rings. The fraction of sp³-hybridized carbons (Fsp3) is 0.200. The molecule has 0 aliphatic carbocycles. The van der Waals surface area contributed by atoms with Crippen molar-refractivity contribution >= 4 is 20.8 Å². The van der Waals surface area contributed by atoms with E-state index in [4.69, 9.17) is 14.2 Å². The van der Waals surface area contributed by atoms with Gasteiger partial charge >= 0.3 is 0 Å². The van der Waals surface area contributed by atoms with E-state index in [1.54, 1.807) is 56.7 Å². The van der Waals surface area contributed by atoms with E-state index in [1.165, 1.54) is 7.11 Å². The molecule has 0 atom stereocenters. The van der Waals surface area contributed by atoms with Crippen molar-refractivity contribution in [2.75, 3.05) is 21.3 Å². The van der Waals surface area contributed by atoms with Crippen molar-refractivity contribution in [2.45, 2.75) is 11.4 Å². The first kappa shape index (κ1) is 19.0. The largest absolute Gasteiger partial charge is 0.497 e. The summed E-state index contributed by atoms with van der Waals surface area (Å²) in [4.78, 5) is 0.209. The first-order valence-electron chi connectivity index (χ1n) is 8.25. The van der Waals surface area contributed by atoms with Gasteiger partial charge in [-0.25, -0.2) is 13.1 Å². The fourth-order valence-electron chi connectivity index (χ4n) is 2.75. The highest BCUT2D eigenvalue weighted by Gasteiger charge is 2.15. The van der Waals surface area contributed by atoms with Gasteiger partial charge in [0.1, 0.15) is 5.75 Å². The minimum absolute atomic E-state index is 0.142. The van der Waals surface area contributed by atoms with Crippen LogP contribution < -0.4 is 18.9 Å². The molecule has 0 fully saturated rings. The van der Waals surface area contributed by atoms with E-state index in [0.717, 1.165) is 22.1 Å². The van der Waals surface area contributed by atoms with Crippen LogP contribution in [0.25, 0.3) is 10.8 Å². The number of methoxy groups -OCH3 is 3. The zero-order valence-electron chi connectivity index (χ0n) is 15.4. The Hall–Kier alpha value is -2.77. The van der Waals surface area contributed by atoms with E-state index in [1.807, 2.05) is 12.1 Å². The molecule has 0 aliphatic heterocycles. The number of nitrogens with one attached hydrogen (secondary N) is 1. The Balaban J connectivity index is 1.81. The normalized spacial score (nSPS) is 11.4. The lowest BCUT2D eigenvalue weighted by Gasteiger charge is -2.11. The van der Waals surface area contributed by atoms with Crippen LogP contribution in [-0.2, 0) is 16.6 Å². The predicted molar refractivity (Wildman–Crippen MR) is 104 cm³/mol. The highest BCUT2D eigenvalue weighted by atomic mass is 32.2. The van der Waals surface area contributed by atoms with Crippen LogP contribution in [0.2, 0.25) is 0 Å². The smallest absolute Gasteiger partial charge is 0.240 e. The van der Waals surface area contributed by atoms with Gasteiger partial charge in [0, 0.05) is 6.54 Å². The molecule has 6 nitrogen and oxygen atoms in total. The Morgan fingerprint density at radius 3 is 2.19 bits per heavy atom. The molecule has 0 saturated heterocycles. The van der Waals surface area contributed by atoms with Crippen LogP contribution >= 0.6 is 0 Å². The van der Waals surface area contributed by atoms with Gasteiger partial charge in [-0.1, -0.05) is 18.2 Å². The van der Waals surface area contributed by atoms with Crippen molar-refractivity contribution < 1.29 is 22.6 Å². The Kier molecular flexibility index (Phi) is 5.53. The second kappa shape index (κ2) is 7.85. The number of benzene rings is 3. The maximum Gasteiger partial charge on any atom is 0.240 e. The van der Waals surface area contributed by atoms with E-state index in [0.29, 0.717) is 11.5 Å². The van der Waals surface area contributed by atoms with Crippen LogP contribution in [0, 0.1) is 0 Å². The molecular weight excluding hydrogens is 366 g/mol. The summed E-state index contributed by atoms with van der Waals surface area (Å²) in [5.41, 5.74) is 0.766. The molecule has 0 bridgehead atoms. The van der Waals surface area contributed by atoms with Crippen LogP contribution in [0.4, 0.5) is 0 Å². The first-order chi connectivity index (χ1) is 13.0. The maximum absolute atomic E-state index is 12.7. The van der Waals surface area contributed by atoms with Crippen molar-refractivity contribution in [3.8, 4) is 17.2 Å². The SMILES string of the molecule is COc1ccc2cc(S(=O)(=O)NCc3ccc(OC)c(OC)c3)ccc2c1. The highest BCUT2D eigenvalue weighted by molar-refractivity contribution is 7.89. The molecule has 0 heterocycles. The zero-order valence-corrected chi connectivity index (χ0v) is 16.2. The topological polar surface area (TPSA) is 73.9 Å². The number of hydrogen-bond acceptors (Lipinski definition) is 5. The molecule has 0 spiro atoms. The monoisotopic (exact) mass is 387 g/mol. The second-order valence-corrected chi connectivity index (χ2v) is 7.66. The van der Waals surface area contributed by atoms with Gasteiger partial charge in [-0.3, -0.25) is 0 Å². The van der Waals surface area contributed by atoms with Crippen molar-refractivity contribution in [2.24, 2.45) is 0 Å². The molecule has 0 radical (unpaired) electrons. The molecule has 0 saturated carbocycles. The molecular formula is C20H21NO5S. The summed E-state index contributed by atoms with van der Waals surface area (Å²) in [7, 11) is 1.03. The summed E-state index contributed by atoms with van der Waals surface area (Å²) in [6.07, 6.45) is 0. The summed E-state index contributed by atoms with van der Waals surface area (Å²) < 4.78 is 43.6. The molecule has 0 aliphatic rings. The average molecular weight is 387 g/mol. The van der Waals surface area contributed by atoms with Gasteiger partial charge in [-0.05, 0) is 52.7 Å². The van der Waals surface area contributed by atoms with Gasteiger partial charge in [0.25, 0.3) is 0 Å². The molecule has 7 heteroatoms. The lowest BCUT2D eigenvalue weighted by atomic mass is 10.1.